The summed E-state index contributed by atoms with van der Waals surface area (Å²) in [6.45, 7) is 4.47. The first-order valence-corrected chi connectivity index (χ1v) is 7.14. The highest BCUT2D eigenvalue weighted by Gasteiger charge is 2.42. The molecule has 2 aliphatic heterocycles. The lowest BCUT2D eigenvalue weighted by molar-refractivity contribution is -0.131. The number of fused-ring (bicyclic) bond motifs is 1. The van der Waals surface area contributed by atoms with Crippen molar-refractivity contribution in [1.82, 2.24) is 9.80 Å². The van der Waals surface area contributed by atoms with Gasteiger partial charge in [-0.25, -0.2) is 0 Å². The Balaban J connectivity index is 2.02. The molecule has 2 aliphatic rings. The van der Waals surface area contributed by atoms with E-state index in [4.69, 9.17) is 0 Å². The number of nitrogens with zero attached hydrogens (tertiary/aromatic N) is 2. The number of rotatable bonds is 0. The average Bonchev–Trinajstić information content (AvgIpc) is 2.63. The molecule has 102 valence electrons. The molecule has 0 aliphatic carbocycles. The topological polar surface area (TPSA) is 23.6 Å². The maximum absolute atomic E-state index is 11.9. The van der Waals surface area contributed by atoms with Crippen molar-refractivity contribution >= 4 is 5.91 Å². The quantitative estimate of drug-likeness (QED) is 0.711. The zero-order valence-electron chi connectivity index (χ0n) is 11.9. The van der Waals surface area contributed by atoms with Crippen LogP contribution in [0.25, 0.3) is 0 Å². The summed E-state index contributed by atoms with van der Waals surface area (Å²) in [5.74, 6) is 0.191. The number of likely N-dealkylation sites (N-methyl/N-ethyl adjacent to an activating group) is 1. The van der Waals surface area contributed by atoms with Gasteiger partial charge in [0.15, 0.2) is 0 Å². The molecule has 0 aromatic heterocycles. The van der Waals surface area contributed by atoms with E-state index >= 15 is 0 Å². The Hall–Kier alpha value is -1.35. The van der Waals surface area contributed by atoms with E-state index in [2.05, 4.69) is 36.2 Å². The van der Waals surface area contributed by atoms with Gasteiger partial charge in [0.25, 0.3) is 0 Å². The van der Waals surface area contributed by atoms with Gasteiger partial charge in [-0.05, 0) is 44.0 Å². The van der Waals surface area contributed by atoms with Crippen molar-refractivity contribution in [2.75, 3.05) is 20.1 Å². The predicted octanol–water partition coefficient (Wildman–Crippen LogP) is 2.06. The molecule has 1 fully saturated rings. The summed E-state index contributed by atoms with van der Waals surface area (Å²) in [5, 5.41) is 0. The van der Waals surface area contributed by atoms with Gasteiger partial charge in [-0.1, -0.05) is 24.3 Å². The summed E-state index contributed by atoms with van der Waals surface area (Å²) >= 11 is 0. The minimum Gasteiger partial charge on any atom is -0.337 e. The van der Waals surface area contributed by atoms with Crippen LogP contribution in [0, 0.1) is 0 Å². The molecule has 1 unspecified atom stereocenters. The molecule has 1 spiro atoms. The molecule has 3 heteroatoms. The van der Waals surface area contributed by atoms with Crippen molar-refractivity contribution in [1.29, 1.82) is 0 Å². The molecule has 0 N–H and O–H groups in total. The van der Waals surface area contributed by atoms with Gasteiger partial charge in [0, 0.05) is 25.6 Å². The maximum atomic E-state index is 11.9. The third-order valence-corrected chi connectivity index (χ3v) is 4.88. The average molecular weight is 258 g/mol. The first-order chi connectivity index (χ1) is 9.11. The van der Waals surface area contributed by atoms with Crippen LogP contribution in [0.1, 0.15) is 30.9 Å². The summed E-state index contributed by atoms with van der Waals surface area (Å²) < 4.78 is 0. The molecule has 2 heterocycles. The predicted molar refractivity (Wildman–Crippen MR) is 75.8 cm³/mol. The smallest absolute Gasteiger partial charge is 0.219 e. The monoisotopic (exact) mass is 258 g/mol. The van der Waals surface area contributed by atoms with Crippen LogP contribution in [0.15, 0.2) is 24.3 Å². The molecule has 1 aromatic carbocycles. The Kier molecular flexibility index (Phi) is 3.09. The normalized spacial score (nSPS) is 27.4. The molecular formula is C16H22N2O. The number of amides is 1. The van der Waals surface area contributed by atoms with Gasteiger partial charge in [-0.3, -0.25) is 9.69 Å². The van der Waals surface area contributed by atoms with Gasteiger partial charge in [0.05, 0.1) is 0 Å². The van der Waals surface area contributed by atoms with E-state index in [0.29, 0.717) is 0 Å². The van der Waals surface area contributed by atoms with Crippen LogP contribution in [-0.2, 0) is 17.8 Å². The number of hydrogen-bond acceptors (Lipinski definition) is 2. The van der Waals surface area contributed by atoms with Crippen molar-refractivity contribution < 1.29 is 4.79 Å². The zero-order chi connectivity index (χ0) is 13.5. The molecule has 0 saturated carbocycles. The van der Waals surface area contributed by atoms with Gasteiger partial charge in [-0.15, -0.1) is 0 Å². The van der Waals surface area contributed by atoms with Crippen LogP contribution >= 0.6 is 0 Å². The molecule has 1 aromatic rings. The molecule has 1 amide bonds. The number of likely N-dealkylation sites (tertiary alicyclic amines) is 1. The number of benzene rings is 1. The number of carbonyl (C=O) groups is 1. The fourth-order valence-electron chi connectivity index (χ4n) is 3.63. The molecule has 0 radical (unpaired) electrons. The highest BCUT2D eigenvalue weighted by molar-refractivity contribution is 5.73. The van der Waals surface area contributed by atoms with Crippen LogP contribution in [0.3, 0.4) is 0 Å². The fraction of sp³-hybridized carbons (Fsp3) is 0.562. The first-order valence-electron chi connectivity index (χ1n) is 7.14. The molecular weight excluding hydrogens is 236 g/mol. The van der Waals surface area contributed by atoms with E-state index in [-0.39, 0.29) is 11.4 Å². The second-order valence-corrected chi connectivity index (χ2v) is 6.07. The van der Waals surface area contributed by atoms with Gasteiger partial charge in [0.1, 0.15) is 0 Å². The van der Waals surface area contributed by atoms with Crippen LogP contribution in [0.5, 0.6) is 0 Å². The van der Waals surface area contributed by atoms with E-state index in [1.807, 2.05) is 4.90 Å². The fourth-order valence-corrected chi connectivity index (χ4v) is 3.63. The second-order valence-electron chi connectivity index (χ2n) is 6.07. The highest BCUT2D eigenvalue weighted by Crippen LogP contribution is 2.36. The Bertz CT molecular complexity index is 499. The standard InChI is InChI=1S/C16H22N2O/c1-13(19)18-11-15-7-4-3-6-14(15)10-16(12-18)8-5-9-17(16)2/h3-4,6-7H,5,8-12H2,1-2H3. The van der Waals surface area contributed by atoms with Gasteiger partial charge >= 0.3 is 0 Å². The molecule has 3 rings (SSSR count). The summed E-state index contributed by atoms with van der Waals surface area (Å²) in [7, 11) is 2.21. The minimum atomic E-state index is 0.151. The van der Waals surface area contributed by atoms with E-state index in [1.165, 1.54) is 24.0 Å². The summed E-state index contributed by atoms with van der Waals surface area (Å²) in [4.78, 5) is 16.4. The SMILES string of the molecule is CC(=O)N1Cc2ccccc2CC2(CCCN2C)C1. The molecule has 3 nitrogen and oxygen atoms in total. The third-order valence-electron chi connectivity index (χ3n) is 4.88. The van der Waals surface area contributed by atoms with Crippen LogP contribution in [0.2, 0.25) is 0 Å². The van der Waals surface area contributed by atoms with Crippen molar-refractivity contribution in [2.24, 2.45) is 0 Å². The summed E-state index contributed by atoms with van der Waals surface area (Å²) in [5.41, 5.74) is 2.88. The van der Waals surface area contributed by atoms with Gasteiger partial charge in [-0.2, -0.15) is 0 Å². The zero-order valence-corrected chi connectivity index (χ0v) is 11.9. The number of hydrogen-bond donors (Lipinski definition) is 0. The second kappa shape index (κ2) is 4.64. The van der Waals surface area contributed by atoms with Gasteiger partial charge in [0.2, 0.25) is 5.91 Å². The molecule has 1 saturated heterocycles. The maximum Gasteiger partial charge on any atom is 0.219 e. The lowest BCUT2D eigenvalue weighted by Crippen LogP contribution is -2.51. The summed E-state index contributed by atoms with van der Waals surface area (Å²) in [6, 6.07) is 8.59. The van der Waals surface area contributed by atoms with Crippen LogP contribution in [-0.4, -0.2) is 41.4 Å². The Labute approximate surface area is 115 Å². The Morgan fingerprint density at radius 1 is 1.26 bits per heavy atom. The number of carbonyl (C=O) groups excluding carboxylic acids is 1. The van der Waals surface area contributed by atoms with Gasteiger partial charge < -0.3 is 4.90 Å². The largest absolute Gasteiger partial charge is 0.337 e. The Morgan fingerprint density at radius 3 is 2.63 bits per heavy atom. The van der Waals surface area contributed by atoms with Crippen molar-refractivity contribution in [3.63, 3.8) is 0 Å². The highest BCUT2D eigenvalue weighted by atomic mass is 16.2. The molecule has 1 atom stereocenters. The van der Waals surface area contributed by atoms with Crippen molar-refractivity contribution in [2.45, 2.75) is 38.3 Å². The molecule has 19 heavy (non-hydrogen) atoms. The Morgan fingerprint density at radius 2 is 2.00 bits per heavy atom. The molecule has 0 bridgehead atoms. The van der Waals surface area contributed by atoms with Crippen molar-refractivity contribution in [3.05, 3.63) is 35.4 Å². The first kappa shape index (κ1) is 12.7. The van der Waals surface area contributed by atoms with E-state index < -0.39 is 0 Å². The van der Waals surface area contributed by atoms with E-state index in [1.54, 1.807) is 6.92 Å². The third kappa shape index (κ3) is 2.16. The van der Waals surface area contributed by atoms with Crippen molar-refractivity contribution in [3.8, 4) is 0 Å². The van der Waals surface area contributed by atoms with Crippen LogP contribution < -0.4 is 0 Å². The minimum absolute atomic E-state index is 0.151. The lowest BCUT2D eigenvalue weighted by Gasteiger charge is -2.38. The lowest BCUT2D eigenvalue weighted by atomic mass is 9.87. The summed E-state index contributed by atoms with van der Waals surface area (Å²) in [6.07, 6.45) is 3.51. The van der Waals surface area contributed by atoms with E-state index in [0.717, 1.165) is 26.1 Å². The van der Waals surface area contributed by atoms with E-state index in [9.17, 15) is 4.79 Å². The van der Waals surface area contributed by atoms with Crippen LogP contribution in [0.4, 0.5) is 0 Å².